The normalized spacial score (nSPS) is 28.8. The SMILES string of the molecule is CCNC(=NCC1CCCC1)N1CCCC2(CNC(=O)C2)C1.I. The zero-order valence-electron chi connectivity index (χ0n) is 14.3. The van der Waals surface area contributed by atoms with E-state index in [1.807, 2.05) is 0 Å². The van der Waals surface area contributed by atoms with Gasteiger partial charge in [0.25, 0.3) is 0 Å². The molecular weight excluding hydrogens is 403 g/mol. The first kappa shape index (κ1) is 18.8. The molecule has 5 nitrogen and oxygen atoms in total. The molecule has 0 radical (unpaired) electrons. The van der Waals surface area contributed by atoms with Crippen LogP contribution in [-0.2, 0) is 4.79 Å². The Labute approximate surface area is 157 Å². The zero-order valence-corrected chi connectivity index (χ0v) is 16.6. The molecule has 1 saturated carbocycles. The first-order valence-electron chi connectivity index (χ1n) is 9.01. The van der Waals surface area contributed by atoms with Gasteiger partial charge in [0.05, 0.1) is 0 Å². The molecule has 3 rings (SSSR count). The number of hydrogen-bond donors (Lipinski definition) is 2. The number of rotatable bonds is 3. The number of halogens is 1. The summed E-state index contributed by atoms with van der Waals surface area (Å²) in [6, 6.07) is 0. The predicted octanol–water partition coefficient (Wildman–Crippen LogP) is 2.36. The molecule has 1 unspecified atom stereocenters. The highest BCUT2D eigenvalue weighted by Gasteiger charge is 2.42. The van der Waals surface area contributed by atoms with Crippen molar-refractivity contribution >= 4 is 35.8 Å². The summed E-state index contributed by atoms with van der Waals surface area (Å²) in [5.41, 5.74) is 0.138. The smallest absolute Gasteiger partial charge is 0.220 e. The molecule has 1 spiro atoms. The number of guanidine groups is 1. The summed E-state index contributed by atoms with van der Waals surface area (Å²) in [5.74, 6) is 2.06. The summed E-state index contributed by atoms with van der Waals surface area (Å²) < 4.78 is 0. The third-order valence-electron chi connectivity index (χ3n) is 5.47. The summed E-state index contributed by atoms with van der Waals surface area (Å²) in [6.07, 6.45) is 8.42. The van der Waals surface area contributed by atoms with Crippen LogP contribution >= 0.6 is 24.0 Å². The van der Waals surface area contributed by atoms with Gasteiger partial charge in [-0.15, -0.1) is 24.0 Å². The number of amides is 1. The third-order valence-corrected chi connectivity index (χ3v) is 5.47. The predicted molar refractivity (Wildman–Crippen MR) is 104 cm³/mol. The summed E-state index contributed by atoms with van der Waals surface area (Å²) in [4.78, 5) is 19.0. The topological polar surface area (TPSA) is 56.7 Å². The van der Waals surface area contributed by atoms with Crippen molar-refractivity contribution in [3.05, 3.63) is 0 Å². The van der Waals surface area contributed by atoms with Gasteiger partial charge in [0, 0.05) is 44.6 Å². The van der Waals surface area contributed by atoms with Crippen molar-refractivity contribution in [3.63, 3.8) is 0 Å². The molecular formula is C17H31IN4O. The van der Waals surface area contributed by atoms with Crippen LogP contribution in [0.4, 0.5) is 0 Å². The molecule has 132 valence electrons. The largest absolute Gasteiger partial charge is 0.357 e. The second-order valence-corrected chi connectivity index (χ2v) is 7.32. The zero-order chi connectivity index (χ0) is 15.4. The third kappa shape index (κ3) is 4.73. The van der Waals surface area contributed by atoms with Crippen LogP contribution in [0, 0.1) is 11.3 Å². The first-order chi connectivity index (χ1) is 10.7. The number of nitrogens with one attached hydrogen (secondary N) is 2. The van der Waals surface area contributed by atoms with Gasteiger partial charge >= 0.3 is 0 Å². The Bertz CT molecular complexity index is 436. The molecule has 3 aliphatic rings. The Morgan fingerprint density at radius 2 is 2.17 bits per heavy atom. The molecule has 6 heteroatoms. The standard InChI is InChI=1S/C17H30N4O.HI/c1-2-18-16(19-11-14-6-3-4-7-14)21-9-5-8-17(13-21)10-15(22)20-12-17;/h14H,2-13H2,1H3,(H,18,19)(H,20,22);1H. The lowest BCUT2D eigenvalue weighted by molar-refractivity contribution is -0.119. The molecule has 2 aliphatic heterocycles. The Kier molecular flexibility index (Phi) is 6.98. The maximum Gasteiger partial charge on any atom is 0.220 e. The Morgan fingerprint density at radius 3 is 2.83 bits per heavy atom. The van der Waals surface area contributed by atoms with Crippen molar-refractivity contribution in [1.82, 2.24) is 15.5 Å². The number of carbonyl (C=O) groups excluding carboxylic acids is 1. The molecule has 2 saturated heterocycles. The van der Waals surface area contributed by atoms with Crippen LogP contribution in [0.25, 0.3) is 0 Å². The lowest BCUT2D eigenvalue weighted by atomic mass is 9.79. The number of carbonyl (C=O) groups is 1. The van der Waals surface area contributed by atoms with E-state index >= 15 is 0 Å². The van der Waals surface area contributed by atoms with Crippen LogP contribution in [0.3, 0.4) is 0 Å². The molecule has 1 atom stereocenters. The van der Waals surface area contributed by atoms with Gasteiger partial charge in [-0.3, -0.25) is 9.79 Å². The number of aliphatic imine (C=N–C) groups is 1. The summed E-state index contributed by atoms with van der Waals surface area (Å²) in [5, 5.41) is 6.49. The van der Waals surface area contributed by atoms with E-state index in [4.69, 9.17) is 4.99 Å². The average molecular weight is 434 g/mol. The number of piperidine rings is 1. The van der Waals surface area contributed by atoms with E-state index in [1.54, 1.807) is 0 Å². The quantitative estimate of drug-likeness (QED) is 0.408. The van der Waals surface area contributed by atoms with Crippen LogP contribution in [0.15, 0.2) is 4.99 Å². The van der Waals surface area contributed by atoms with E-state index in [2.05, 4.69) is 22.5 Å². The lowest BCUT2D eigenvalue weighted by Crippen LogP contribution is -2.51. The average Bonchev–Trinajstić information content (AvgIpc) is 3.14. The fraction of sp³-hybridized carbons (Fsp3) is 0.882. The Balaban J connectivity index is 0.00000192. The van der Waals surface area contributed by atoms with E-state index in [-0.39, 0.29) is 35.3 Å². The maximum atomic E-state index is 11.6. The highest BCUT2D eigenvalue weighted by molar-refractivity contribution is 14.0. The van der Waals surface area contributed by atoms with E-state index in [0.717, 1.165) is 57.4 Å². The van der Waals surface area contributed by atoms with E-state index in [1.165, 1.54) is 25.7 Å². The fourth-order valence-electron chi connectivity index (χ4n) is 4.26. The summed E-state index contributed by atoms with van der Waals surface area (Å²) in [7, 11) is 0. The second-order valence-electron chi connectivity index (χ2n) is 7.32. The van der Waals surface area contributed by atoms with Gasteiger partial charge in [0.2, 0.25) is 5.91 Å². The van der Waals surface area contributed by atoms with Crippen LogP contribution in [0.1, 0.15) is 51.9 Å². The van der Waals surface area contributed by atoms with Crippen molar-refractivity contribution in [1.29, 1.82) is 0 Å². The minimum atomic E-state index is 0. The van der Waals surface area contributed by atoms with Crippen LogP contribution < -0.4 is 10.6 Å². The molecule has 2 N–H and O–H groups in total. The van der Waals surface area contributed by atoms with E-state index in [9.17, 15) is 4.79 Å². The van der Waals surface area contributed by atoms with Crippen molar-refractivity contribution in [2.24, 2.45) is 16.3 Å². The monoisotopic (exact) mass is 434 g/mol. The highest BCUT2D eigenvalue weighted by Crippen LogP contribution is 2.36. The van der Waals surface area contributed by atoms with Gasteiger partial charge in [0.15, 0.2) is 5.96 Å². The summed E-state index contributed by atoms with van der Waals surface area (Å²) >= 11 is 0. The molecule has 0 bridgehead atoms. The number of nitrogens with zero attached hydrogens (tertiary/aromatic N) is 2. The Hall–Kier alpha value is -0.530. The fourth-order valence-corrected chi connectivity index (χ4v) is 4.26. The second kappa shape index (κ2) is 8.53. The van der Waals surface area contributed by atoms with Gasteiger partial charge in [-0.25, -0.2) is 0 Å². The van der Waals surface area contributed by atoms with Gasteiger partial charge in [-0.2, -0.15) is 0 Å². The van der Waals surface area contributed by atoms with Crippen molar-refractivity contribution in [2.75, 3.05) is 32.7 Å². The Morgan fingerprint density at radius 1 is 1.39 bits per heavy atom. The van der Waals surface area contributed by atoms with Crippen LogP contribution in [0.5, 0.6) is 0 Å². The van der Waals surface area contributed by atoms with Gasteiger partial charge in [-0.05, 0) is 38.5 Å². The minimum absolute atomic E-state index is 0. The van der Waals surface area contributed by atoms with Crippen LogP contribution in [0.2, 0.25) is 0 Å². The number of hydrogen-bond acceptors (Lipinski definition) is 2. The maximum absolute atomic E-state index is 11.6. The van der Waals surface area contributed by atoms with E-state index < -0.39 is 0 Å². The molecule has 2 heterocycles. The van der Waals surface area contributed by atoms with Crippen molar-refractivity contribution in [2.45, 2.75) is 51.9 Å². The van der Waals surface area contributed by atoms with Crippen molar-refractivity contribution in [3.8, 4) is 0 Å². The van der Waals surface area contributed by atoms with Crippen LogP contribution in [-0.4, -0.2) is 49.5 Å². The molecule has 3 fully saturated rings. The summed E-state index contributed by atoms with van der Waals surface area (Å²) in [6.45, 7) is 6.86. The highest BCUT2D eigenvalue weighted by atomic mass is 127. The first-order valence-corrected chi connectivity index (χ1v) is 9.01. The molecule has 1 aliphatic carbocycles. The lowest BCUT2D eigenvalue weighted by Gasteiger charge is -2.40. The molecule has 23 heavy (non-hydrogen) atoms. The molecule has 1 amide bonds. The molecule has 0 aromatic carbocycles. The van der Waals surface area contributed by atoms with Gasteiger partial charge in [-0.1, -0.05) is 12.8 Å². The van der Waals surface area contributed by atoms with Crippen molar-refractivity contribution < 1.29 is 4.79 Å². The molecule has 0 aromatic rings. The minimum Gasteiger partial charge on any atom is -0.357 e. The van der Waals surface area contributed by atoms with Gasteiger partial charge in [0.1, 0.15) is 0 Å². The van der Waals surface area contributed by atoms with Gasteiger partial charge < -0.3 is 15.5 Å². The number of likely N-dealkylation sites (tertiary alicyclic amines) is 1. The van der Waals surface area contributed by atoms with E-state index in [0.29, 0.717) is 6.42 Å². The molecule has 0 aromatic heterocycles.